The Morgan fingerprint density at radius 3 is 2.42 bits per heavy atom. The number of nitrogens with one attached hydrogen (secondary N) is 1. The van der Waals surface area contributed by atoms with Gasteiger partial charge in [-0.25, -0.2) is 4.39 Å². The van der Waals surface area contributed by atoms with E-state index in [9.17, 15) is 22.4 Å². The second-order valence-electron chi connectivity index (χ2n) is 4.22. The molecule has 0 radical (unpaired) electrons. The van der Waals surface area contributed by atoms with Gasteiger partial charge in [0.25, 0.3) is 0 Å². The third-order valence-corrected chi connectivity index (χ3v) is 3.07. The van der Waals surface area contributed by atoms with Crippen molar-refractivity contribution in [3.63, 3.8) is 0 Å². The Hall–Kier alpha value is -1.63. The maximum absolute atomic E-state index is 12.8. The molecular weight excluding hydrogens is 266 g/mol. The van der Waals surface area contributed by atoms with Gasteiger partial charge in [0, 0.05) is 0 Å². The van der Waals surface area contributed by atoms with Gasteiger partial charge in [-0.15, -0.1) is 0 Å². The van der Waals surface area contributed by atoms with Crippen LogP contribution < -0.4 is 5.32 Å². The number of ether oxygens (including phenoxy) is 1. The van der Waals surface area contributed by atoms with Gasteiger partial charge < -0.3 is 10.1 Å². The molecule has 104 valence electrons. The summed E-state index contributed by atoms with van der Waals surface area (Å²) in [4.78, 5) is 10.8. The van der Waals surface area contributed by atoms with Gasteiger partial charge in [0.15, 0.2) is 6.23 Å². The zero-order chi connectivity index (χ0) is 14.3. The molecule has 3 nitrogen and oxygen atoms in total. The van der Waals surface area contributed by atoms with Crippen molar-refractivity contribution in [1.29, 1.82) is 0 Å². The molecule has 1 aliphatic rings. The molecule has 2 rings (SSSR count). The molecule has 1 amide bonds. The van der Waals surface area contributed by atoms with Gasteiger partial charge in [0.2, 0.25) is 0 Å². The fraction of sp³-hybridized carbons (Fsp3) is 0.417. The van der Waals surface area contributed by atoms with Gasteiger partial charge >= 0.3 is 12.1 Å². The third kappa shape index (κ3) is 2.56. The van der Waals surface area contributed by atoms with Crippen molar-refractivity contribution in [3.8, 4) is 0 Å². The number of hydrogen-bond donors (Lipinski definition) is 1. The number of benzene rings is 1. The fourth-order valence-electron chi connectivity index (χ4n) is 1.95. The van der Waals surface area contributed by atoms with Crippen LogP contribution in [0.3, 0.4) is 0 Å². The maximum atomic E-state index is 12.8. The third-order valence-electron chi connectivity index (χ3n) is 3.07. The molecule has 0 aromatic heterocycles. The predicted octanol–water partition coefficient (Wildman–Crippen LogP) is 2.47. The summed E-state index contributed by atoms with van der Waals surface area (Å²) in [5, 5.41) is 1.77. The molecule has 2 atom stereocenters. The number of alkyl halides is 3. The molecule has 1 N–H and O–H groups in total. The number of rotatable bonds is 3. The van der Waals surface area contributed by atoms with Crippen molar-refractivity contribution in [2.45, 2.75) is 31.3 Å². The lowest BCUT2D eigenvalue weighted by Gasteiger charge is -2.12. The molecule has 1 aliphatic heterocycles. The van der Waals surface area contributed by atoms with Crippen molar-refractivity contribution in [1.82, 2.24) is 5.32 Å². The van der Waals surface area contributed by atoms with Gasteiger partial charge in [-0.3, -0.25) is 4.79 Å². The minimum absolute atomic E-state index is 0.363. The van der Waals surface area contributed by atoms with Crippen LogP contribution >= 0.6 is 0 Å². The van der Waals surface area contributed by atoms with Crippen molar-refractivity contribution >= 4 is 5.91 Å². The average molecular weight is 277 g/mol. The summed E-state index contributed by atoms with van der Waals surface area (Å²) in [6, 6.07) is 5.24. The van der Waals surface area contributed by atoms with E-state index in [0.29, 0.717) is 12.0 Å². The van der Waals surface area contributed by atoms with Crippen LogP contribution in [0.5, 0.6) is 0 Å². The minimum atomic E-state index is -4.95. The van der Waals surface area contributed by atoms with Crippen LogP contribution in [0.1, 0.15) is 18.9 Å². The summed E-state index contributed by atoms with van der Waals surface area (Å²) in [6.07, 6.45) is -5.63. The molecule has 0 saturated carbocycles. The highest BCUT2D eigenvalue weighted by atomic mass is 19.4. The molecule has 1 aromatic carbocycles. The largest absolute Gasteiger partial charge is 0.471 e. The molecule has 7 heteroatoms. The molecule has 1 aromatic rings. The topological polar surface area (TPSA) is 41.6 Å². The number of amides is 1. The Kier molecular flexibility index (Phi) is 3.25. The van der Waals surface area contributed by atoms with E-state index in [1.807, 2.05) is 0 Å². The molecular formula is C12H11F4NO2. The van der Waals surface area contributed by atoms with Crippen LogP contribution in [0, 0.1) is 5.82 Å². The van der Waals surface area contributed by atoms with E-state index in [1.54, 1.807) is 12.2 Å². The monoisotopic (exact) mass is 277 g/mol. The van der Waals surface area contributed by atoms with Crippen LogP contribution in [-0.4, -0.2) is 18.3 Å². The first-order chi connectivity index (χ1) is 8.79. The summed E-state index contributed by atoms with van der Waals surface area (Å²) in [7, 11) is 0. The van der Waals surface area contributed by atoms with E-state index in [4.69, 9.17) is 4.74 Å². The van der Waals surface area contributed by atoms with E-state index in [1.165, 1.54) is 24.3 Å². The van der Waals surface area contributed by atoms with Crippen LogP contribution in [0.4, 0.5) is 17.6 Å². The van der Waals surface area contributed by atoms with Crippen LogP contribution in [-0.2, 0) is 15.1 Å². The Labute approximate surface area is 106 Å². The average Bonchev–Trinajstić information content (AvgIpc) is 3.03. The van der Waals surface area contributed by atoms with Gasteiger partial charge in [-0.05, 0) is 24.1 Å². The fourth-order valence-corrected chi connectivity index (χ4v) is 1.95. The van der Waals surface area contributed by atoms with Crippen LogP contribution in [0.25, 0.3) is 0 Å². The Morgan fingerprint density at radius 2 is 1.95 bits per heavy atom. The molecule has 1 fully saturated rings. The Balaban J connectivity index is 2.12. The molecule has 1 heterocycles. The zero-order valence-corrected chi connectivity index (χ0v) is 9.92. The first-order valence-electron chi connectivity index (χ1n) is 5.61. The number of epoxide rings is 1. The van der Waals surface area contributed by atoms with Crippen molar-refractivity contribution in [2.75, 3.05) is 0 Å². The standard InChI is InChI=1S/C12H11F4NO2/c1-2-11(7-3-5-8(13)6-4-7)10(19-11)17-9(18)12(14,15)16/h3-6,10H,2H2,1H3,(H,17,18)/t10-,11?/m0/s1. The molecule has 0 spiro atoms. The highest BCUT2D eigenvalue weighted by Crippen LogP contribution is 2.47. The molecule has 19 heavy (non-hydrogen) atoms. The molecule has 1 saturated heterocycles. The molecule has 1 unspecified atom stereocenters. The van der Waals surface area contributed by atoms with Crippen LogP contribution in [0.15, 0.2) is 24.3 Å². The van der Waals surface area contributed by atoms with E-state index in [2.05, 4.69) is 0 Å². The van der Waals surface area contributed by atoms with E-state index in [0.717, 1.165) is 0 Å². The van der Waals surface area contributed by atoms with Crippen molar-refractivity contribution in [2.24, 2.45) is 0 Å². The summed E-state index contributed by atoms with van der Waals surface area (Å²) in [5.41, 5.74) is -0.474. The molecule has 0 aliphatic carbocycles. The van der Waals surface area contributed by atoms with E-state index < -0.39 is 29.7 Å². The summed E-state index contributed by atoms with van der Waals surface area (Å²) >= 11 is 0. The van der Waals surface area contributed by atoms with E-state index >= 15 is 0 Å². The lowest BCUT2D eigenvalue weighted by atomic mass is 9.95. The summed E-state index contributed by atoms with van der Waals surface area (Å²) in [5.74, 6) is -2.50. The predicted molar refractivity (Wildman–Crippen MR) is 57.4 cm³/mol. The highest BCUT2D eigenvalue weighted by Gasteiger charge is 2.59. The summed E-state index contributed by atoms with van der Waals surface area (Å²) in [6.45, 7) is 1.71. The van der Waals surface area contributed by atoms with Gasteiger partial charge in [-0.2, -0.15) is 13.2 Å². The smallest absolute Gasteiger partial charge is 0.339 e. The summed E-state index contributed by atoms with van der Waals surface area (Å²) < 4.78 is 54.4. The second-order valence-corrected chi connectivity index (χ2v) is 4.22. The maximum Gasteiger partial charge on any atom is 0.471 e. The first kappa shape index (κ1) is 13.8. The second kappa shape index (κ2) is 4.48. The molecule has 0 bridgehead atoms. The lowest BCUT2D eigenvalue weighted by molar-refractivity contribution is -0.174. The zero-order valence-electron chi connectivity index (χ0n) is 9.92. The van der Waals surface area contributed by atoms with Crippen molar-refractivity contribution < 1.29 is 27.1 Å². The SMILES string of the molecule is CCC1(c2ccc(F)cc2)O[C@@H]1NC(=O)C(F)(F)F. The van der Waals surface area contributed by atoms with Gasteiger partial charge in [0.1, 0.15) is 11.4 Å². The van der Waals surface area contributed by atoms with E-state index in [-0.39, 0.29) is 0 Å². The van der Waals surface area contributed by atoms with Gasteiger partial charge in [0.05, 0.1) is 0 Å². The number of halogens is 4. The highest BCUT2D eigenvalue weighted by molar-refractivity contribution is 5.82. The number of hydrogen-bond acceptors (Lipinski definition) is 2. The van der Waals surface area contributed by atoms with Gasteiger partial charge in [-0.1, -0.05) is 19.1 Å². The number of carbonyl (C=O) groups excluding carboxylic acids is 1. The van der Waals surface area contributed by atoms with Crippen molar-refractivity contribution in [3.05, 3.63) is 35.6 Å². The van der Waals surface area contributed by atoms with Crippen LogP contribution in [0.2, 0.25) is 0 Å². The number of carbonyl (C=O) groups is 1. The lowest BCUT2D eigenvalue weighted by Crippen LogP contribution is -2.40. The Morgan fingerprint density at radius 1 is 1.37 bits per heavy atom. The first-order valence-corrected chi connectivity index (χ1v) is 5.61. The normalized spacial score (nSPS) is 26.1. The Bertz CT molecular complexity index is 485. The quantitative estimate of drug-likeness (QED) is 0.681. The minimum Gasteiger partial charge on any atom is -0.339 e.